The van der Waals surface area contributed by atoms with Gasteiger partial charge in [-0.15, -0.1) is 4.37 Å². The normalized spacial score (nSPS) is 24.0. The van der Waals surface area contributed by atoms with Gasteiger partial charge < -0.3 is 14.7 Å². The standard InChI is InChI=1S/C11H17N3O3S/c1-7-3-8(2)5-14(4-7)10-11(13-18-12-10)17-6-9(15)16/h7-8H,3-6H2,1-2H3,(H,15,16)/t7-,8-/m0/s1. The summed E-state index contributed by atoms with van der Waals surface area (Å²) in [7, 11) is 0. The lowest BCUT2D eigenvalue weighted by Crippen LogP contribution is -2.39. The molecule has 0 bridgehead atoms. The maximum atomic E-state index is 10.5. The highest BCUT2D eigenvalue weighted by molar-refractivity contribution is 6.99. The number of piperidine rings is 1. The summed E-state index contributed by atoms with van der Waals surface area (Å²) in [6.07, 6.45) is 1.21. The molecule has 0 aromatic carbocycles. The molecule has 1 aliphatic heterocycles. The van der Waals surface area contributed by atoms with Gasteiger partial charge in [-0.05, 0) is 18.3 Å². The lowest BCUT2D eigenvalue weighted by atomic mass is 9.92. The van der Waals surface area contributed by atoms with Gasteiger partial charge in [0.25, 0.3) is 5.88 Å². The van der Waals surface area contributed by atoms with Crippen LogP contribution in [0.25, 0.3) is 0 Å². The Morgan fingerprint density at radius 1 is 1.44 bits per heavy atom. The van der Waals surface area contributed by atoms with Gasteiger partial charge in [0.15, 0.2) is 6.61 Å². The summed E-state index contributed by atoms with van der Waals surface area (Å²) in [6, 6.07) is 0. The number of anilines is 1. The zero-order chi connectivity index (χ0) is 13.1. The minimum absolute atomic E-state index is 0.337. The van der Waals surface area contributed by atoms with E-state index in [1.807, 2.05) is 0 Å². The van der Waals surface area contributed by atoms with Crippen molar-refractivity contribution in [3.8, 4) is 5.88 Å². The van der Waals surface area contributed by atoms with Crippen LogP contribution in [0.15, 0.2) is 0 Å². The fourth-order valence-corrected chi connectivity index (χ4v) is 2.95. The van der Waals surface area contributed by atoms with E-state index in [4.69, 9.17) is 9.84 Å². The summed E-state index contributed by atoms with van der Waals surface area (Å²) >= 11 is 1.05. The number of carbonyl (C=O) groups is 1. The van der Waals surface area contributed by atoms with Crippen LogP contribution in [0.1, 0.15) is 20.3 Å². The van der Waals surface area contributed by atoms with Crippen LogP contribution in [0, 0.1) is 11.8 Å². The average molecular weight is 271 g/mol. The Balaban J connectivity index is 2.08. The average Bonchev–Trinajstić information content (AvgIpc) is 2.72. The molecule has 1 aromatic heterocycles. The van der Waals surface area contributed by atoms with Crippen LogP contribution >= 0.6 is 11.7 Å². The molecule has 2 rings (SSSR count). The molecule has 100 valence electrons. The van der Waals surface area contributed by atoms with Crippen molar-refractivity contribution in [1.82, 2.24) is 8.75 Å². The van der Waals surface area contributed by atoms with E-state index < -0.39 is 5.97 Å². The monoisotopic (exact) mass is 271 g/mol. The molecular weight excluding hydrogens is 254 g/mol. The topological polar surface area (TPSA) is 75.5 Å². The van der Waals surface area contributed by atoms with E-state index in [0.717, 1.165) is 24.8 Å². The van der Waals surface area contributed by atoms with E-state index in [0.29, 0.717) is 23.5 Å². The van der Waals surface area contributed by atoms with Gasteiger partial charge in [-0.3, -0.25) is 0 Å². The molecule has 1 aromatic rings. The first-order valence-electron chi connectivity index (χ1n) is 5.98. The number of rotatable bonds is 4. The van der Waals surface area contributed by atoms with Gasteiger partial charge in [-0.2, -0.15) is 4.37 Å². The van der Waals surface area contributed by atoms with Crippen LogP contribution in [0.3, 0.4) is 0 Å². The third-order valence-electron chi connectivity index (χ3n) is 2.94. The van der Waals surface area contributed by atoms with Crippen molar-refractivity contribution < 1.29 is 14.6 Å². The Morgan fingerprint density at radius 2 is 2.11 bits per heavy atom. The van der Waals surface area contributed by atoms with Gasteiger partial charge in [-0.1, -0.05) is 13.8 Å². The molecule has 1 N–H and O–H groups in total. The Kier molecular flexibility index (Phi) is 4.00. The number of carboxylic acid groups (broad SMARTS) is 1. The van der Waals surface area contributed by atoms with E-state index in [1.165, 1.54) is 6.42 Å². The number of ether oxygens (including phenoxy) is 1. The van der Waals surface area contributed by atoms with Crippen LogP contribution in [-0.2, 0) is 4.79 Å². The summed E-state index contributed by atoms with van der Waals surface area (Å²) in [6.45, 7) is 5.87. The van der Waals surface area contributed by atoms with E-state index in [-0.39, 0.29) is 6.61 Å². The molecule has 7 heteroatoms. The van der Waals surface area contributed by atoms with Gasteiger partial charge in [-0.25, -0.2) is 4.79 Å². The number of carboxylic acids is 1. The summed E-state index contributed by atoms with van der Waals surface area (Å²) in [5, 5.41) is 8.61. The minimum Gasteiger partial charge on any atom is -0.479 e. The summed E-state index contributed by atoms with van der Waals surface area (Å²) < 4.78 is 13.4. The highest BCUT2D eigenvalue weighted by Gasteiger charge is 2.26. The molecule has 0 radical (unpaired) electrons. The number of hydrogen-bond donors (Lipinski definition) is 1. The number of aliphatic carboxylic acids is 1. The zero-order valence-electron chi connectivity index (χ0n) is 10.5. The number of hydrogen-bond acceptors (Lipinski definition) is 6. The Bertz CT molecular complexity index is 413. The molecule has 1 aliphatic rings. The summed E-state index contributed by atoms with van der Waals surface area (Å²) in [4.78, 5) is 12.6. The molecular formula is C11H17N3O3S. The fourth-order valence-electron chi connectivity index (χ4n) is 2.43. The molecule has 0 amide bonds. The molecule has 2 atom stereocenters. The first-order valence-corrected chi connectivity index (χ1v) is 6.71. The third kappa shape index (κ3) is 3.10. The van der Waals surface area contributed by atoms with Gasteiger partial charge in [0.05, 0.1) is 11.7 Å². The van der Waals surface area contributed by atoms with Crippen molar-refractivity contribution in [3.05, 3.63) is 0 Å². The van der Waals surface area contributed by atoms with Gasteiger partial charge >= 0.3 is 5.97 Å². The Hall–Kier alpha value is -1.37. The van der Waals surface area contributed by atoms with Gasteiger partial charge in [0, 0.05) is 13.1 Å². The molecule has 1 fully saturated rings. The first kappa shape index (κ1) is 13.1. The van der Waals surface area contributed by atoms with Crippen molar-refractivity contribution in [2.45, 2.75) is 20.3 Å². The van der Waals surface area contributed by atoms with E-state index in [1.54, 1.807) is 0 Å². The fraction of sp³-hybridized carbons (Fsp3) is 0.727. The summed E-state index contributed by atoms with van der Waals surface area (Å²) in [5.74, 6) is 1.21. The highest BCUT2D eigenvalue weighted by Crippen LogP contribution is 2.31. The molecule has 0 saturated carbocycles. The van der Waals surface area contributed by atoms with Crippen LogP contribution in [0.4, 0.5) is 5.82 Å². The predicted octanol–water partition coefficient (Wildman–Crippen LogP) is 1.48. The maximum Gasteiger partial charge on any atom is 0.341 e. The van der Waals surface area contributed by atoms with Crippen molar-refractivity contribution in [2.24, 2.45) is 11.8 Å². The van der Waals surface area contributed by atoms with Crippen LogP contribution in [-0.4, -0.2) is 39.5 Å². The van der Waals surface area contributed by atoms with Crippen LogP contribution in [0.2, 0.25) is 0 Å². The van der Waals surface area contributed by atoms with E-state index >= 15 is 0 Å². The third-order valence-corrected chi connectivity index (χ3v) is 3.45. The van der Waals surface area contributed by atoms with Crippen LogP contribution in [0.5, 0.6) is 5.88 Å². The van der Waals surface area contributed by atoms with E-state index in [9.17, 15) is 4.79 Å². The molecule has 1 saturated heterocycles. The first-order chi connectivity index (χ1) is 8.56. The highest BCUT2D eigenvalue weighted by atomic mass is 32.1. The molecule has 18 heavy (non-hydrogen) atoms. The summed E-state index contributed by atoms with van der Waals surface area (Å²) in [5.41, 5.74) is 0. The number of aromatic nitrogens is 2. The molecule has 6 nitrogen and oxygen atoms in total. The maximum absolute atomic E-state index is 10.5. The second-order valence-corrected chi connectivity index (χ2v) is 5.45. The molecule has 2 heterocycles. The van der Waals surface area contributed by atoms with Crippen molar-refractivity contribution in [3.63, 3.8) is 0 Å². The number of nitrogens with zero attached hydrogens (tertiary/aromatic N) is 3. The van der Waals surface area contributed by atoms with Crippen LogP contribution < -0.4 is 9.64 Å². The smallest absolute Gasteiger partial charge is 0.341 e. The zero-order valence-corrected chi connectivity index (χ0v) is 11.3. The van der Waals surface area contributed by atoms with E-state index in [2.05, 4.69) is 27.5 Å². The quantitative estimate of drug-likeness (QED) is 0.894. The molecule has 0 aliphatic carbocycles. The molecule has 0 unspecified atom stereocenters. The lowest BCUT2D eigenvalue weighted by Gasteiger charge is -2.35. The lowest BCUT2D eigenvalue weighted by molar-refractivity contribution is -0.139. The Morgan fingerprint density at radius 3 is 2.72 bits per heavy atom. The van der Waals surface area contributed by atoms with Gasteiger partial charge in [0.2, 0.25) is 5.82 Å². The van der Waals surface area contributed by atoms with Gasteiger partial charge in [0.1, 0.15) is 0 Å². The van der Waals surface area contributed by atoms with Crippen molar-refractivity contribution in [1.29, 1.82) is 0 Å². The minimum atomic E-state index is -1.01. The Labute approximate surface area is 110 Å². The predicted molar refractivity (Wildman–Crippen MR) is 68.2 cm³/mol. The second-order valence-electron chi connectivity index (χ2n) is 4.93. The largest absolute Gasteiger partial charge is 0.479 e. The van der Waals surface area contributed by atoms with Crippen molar-refractivity contribution >= 4 is 23.5 Å². The van der Waals surface area contributed by atoms with Crippen molar-refractivity contribution in [2.75, 3.05) is 24.6 Å². The SMILES string of the molecule is C[C@H]1C[C@H](C)CN(c2nsnc2OCC(=O)O)C1. The second kappa shape index (κ2) is 5.51. The molecule has 0 spiro atoms.